The largest absolute Gasteiger partial charge is 0.612 e. The van der Waals surface area contributed by atoms with Crippen molar-refractivity contribution in [1.29, 1.82) is 0 Å². The third kappa shape index (κ3) is 3.33. The molecule has 0 fully saturated rings. The minimum absolute atomic E-state index is 0.405. The van der Waals surface area contributed by atoms with Crippen molar-refractivity contribution in [3.8, 4) is 11.5 Å². The van der Waals surface area contributed by atoms with Crippen LogP contribution in [0.25, 0.3) is 0 Å². The molecule has 1 atom stereocenters. The standard InChI is InChI=1S/C13H9Cl2O2S/c1-18(16)11-5-6-13(12(15)8-11)17-10-4-2-3-9(14)7-10/h3-8H,1H3. The molecule has 2 rings (SSSR count). The molecule has 5 heteroatoms. The first kappa shape index (κ1) is 13.6. The number of hydrogen-bond donors (Lipinski definition) is 0. The lowest BCUT2D eigenvalue weighted by Crippen LogP contribution is -1.97. The van der Waals surface area contributed by atoms with Gasteiger partial charge in [0, 0.05) is 11.1 Å². The molecule has 0 aliphatic carbocycles. The lowest BCUT2D eigenvalue weighted by molar-refractivity contribution is 0.482. The van der Waals surface area contributed by atoms with Crippen LogP contribution in [0.15, 0.2) is 41.3 Å². The maximum Gasteiger partial charge on any atom is 0.154 e. The summed E-state index contributed by atoms with van der Waals surface area (Å²) in [5.74, 6) is 1.04. The highest BCUT2D eigenvalue weighted by Crippen LogP contribution is 2.32. The van der Waals surface area contributed by atoms with Crippen LogP contribution in [0.4, 0.5) is 0 Å². The predicted molar refractivity (Wildman–Crippen MR) is 74.1 cm³/mol. The first-order valence-corrected chi connectivity index (χ1v) is 7.35. The molecule has 0 N–H and O–H groups in total. The highest BCUT2D eigenvalue weighted by molar-refractivity contribution is 7.90. The first-order valence-electron chi connectivity index (χ1n) is 5.04. The van der Waals surface area contributed by atoms with Crippen LogP contribution >= 0.6 is 23.2 Å². The fourth-order valence-corrected chi connectivity index (χ4v) is 2.35. The maximum atomic E-state index is 11.3. The molecular weight excluding hydrogens is 291 g/mol. The average Bonchev–Trinajstić information content (AvgIpc) is 2.31. The molecule has 0 bridgehead atoms. The summed E-state index contributed by atoms with van der Waals surface area (Å²) in [4.78, 5) is 0.657. The summed E-state index contributed by atoms with van der Waals surface area (Å²) in [5.41, 5.74) is 0. The van der Waals surface area contributed by atoms with E-state index >= 15 is 0 Å². The first-order chi connectivity index (χ1) is 8.56. The van der Waals surface area contributed by atoms with E-state index in [1.165, 1.54) is 0 Å². The molecule has 18 heavy (non-hydrogen) atoms. The monoisotopic (exact) mass is 299 g/mol. The Morgan fingerprint density at radius 3 is 2.61 bits per heavy atom. The SMILES string of the molecule is C[S+]([O-])c1ccc(Oc2c[c]cc(Cl)c2)c(Cl)c1. The summed E-state index contributed by atoms with van der Waals surface area (Å²) in [6.45, 7) is 0. The van der Waals surface area contributed by atoms with E-state index < -0.39 is 11.2 Å². The molecular formula is C13H9Cl2O2S. The molecule has 0 heterocycles. The van der Waals surface area contributed by atoms with Gasteiger partial charge in [-0.3, -0.25) is 0 Å². The smallest absolute Gasteiger partial charge is 0.154 e. The van der Waals surface area contributed by atoms with Gasteiger partial charge in [0.1, 0.15) is 17.8 Å². The van der Waals surface area contributed by atoms with Crippen LogP contribution in [0.2, 0.25) is 10.0 Å². The predicted octanol–water partition coefficient (Wildman–Crippen LogP) is 4.32. The lowest BCUT2D eigenvalue weighted by Gasteiger charge is -2.09. The summed E-state index contributed by atoms with van der Waals surface area (Å²) in [5, 5.41) is 0.942. The zero-order valence-corrected chi connectivity index (χ0v) is 11.8. The zero-order valence-electron chi connectivity index (χ0n) is 9.44. The second kappa shape index (κ2) is 5.85. The molecule has 2 nitrogen and oxygen atoms in total. The molecule has 0 aromatic heterocycles. The van der Waals surface area contributed by atoms with Crippen LogP contribution in [-0.2, 0) is 11.2 Å². The van der Waals surface area contributed by atoms with E-state index in [4.69, 9.17) is 27.9 Å². The third-order valence-electron chi connectivity index (χ3n) is 2.19. The van der Waals surface area contributed by atoms with E-state index in [0.717, 1.165) is 0 Å². The molecule has 0 spiro atoms. The van der Waals surface area contributed by atoms with Gasteiger partial charge < -0.3 is 9.29 Å². The molecule has 2 aromatic rings. The van der Waals surface area contributed by atoms with Crippen molar-refractivity contribution in [3.05, 3.63) is 52.5 Å². The van der Waals surface area contributed by atoms with Crippen molar-refractivity contribution < 1.29 is 9.29 Å². The van der Waals surface area contributed by atoms with Crippen LogP contribution in [0.5, 0.6) is 11.5 Å². The Hall–Kier alpha value is -0.870. The van der Waals surface area contributed by atoms with Gasteiger partial charge in [0.05, 0.1) is 5.02 Å². The van der Waals surface area contributed by atoms with E-state index in [1.807, 2.05) is 0 Å². The van der Waals surface area contributed by atoms with Gasteiger partial charge >= 0.3 is 0 Å². The van der Waals surface area contributed by atoms with Gasteiger partial charge in [-0.15, -0.1) is 0 Å². The summed E-state index contributed by atoms with van der Waals surface area (Å²) in [6.07, 6.45) is 1.60. The summed E-state index contributed by atoms with van der Waals surface area (Å²) in [6, 6.07) is 12.8. The van der Waals surface area contributed by atoms with Crippen LogP contribution in [0.1, 0.15) is 0 Å². The van der Waals surface area contributed by atoms with Crippen LogP contribution in [0, 0.1) is 6.07 Å². The molecule has 1 unspecified atom stereocenters. The number of rotatable bonds is 3. The quantitative estimate of drug-likeness (QED) is 0.791. The lowest BCUT2D eigenvalue weighted by atomic mass is 10.3. The Balaban J connectivity index is 2.24. The molecule has 1 radical (unpaired) electrons. The summed E-state index contributed by atoms with van der Waals surface area (Å²) >= 11 is 10.8. The maximum absolute atomic E-state index is 11.3. The zero-order chi connectivity index (χ0) is 13.1. The molecule has 0 aliphatic heterocycles. The number of hydrogen-bond acceptors (Lipinski definition) is 2. The molecule has 93 valence electrons. The average molecular weight is 300 g/mol. The van der Waals surface area contributed by atoms with Crippen molar-refractivity contribution in [2.75, 3.05) is 6.26 Å². The van der Waals surface area contributed by atoms with Gasteiger partial charge in [0.2, 0.25) is 0 Å². The fourth-order valence-electron chi connectivity index (χ4n) is 1.35. The highest BCUT2D eigenvalue weighted by atomic mass is 35.5. The minimum atomic E-state index is -1.06. The fraction of sp³-hybridized carbons (Fsp3) is 0.0769. The van der Waals surface area contributed by atoms with Crippen LogP contribution in [0.3, 0.4) is 0 Å². The van der Waals surface area contributed by atoms with Gasteiger partial charge in [-0.25, -0.2) is 0 Å². The Bertz CT molecular complexity index is 558. The number of benzene rings is 2. The van der Waals surface area contributed by atoms with Crippen molar-refractivity contribution in [3.63, 3.8) is 0 Å². The van der Waals surface area contributed by atoms with Gasteiger partial charge in [-0.2, -0.15) is 0 Å². The molecule has 0 saturated carbocycles. The third-order valence-corrected chi connectivity index (χ3v) is 3.62. The number of ether oxygens (including phenoxy) is 1. The van der Waals surface area contributed by atoms with Crippen LogP contribution < -0.4 is 4.74 Å². The van der Waals surface area contributed by atoms with Gasteiger partial charge in [0.25, 0.3) is 0 Å². The van der Waals surface area contributed by atoms with Crippen LogP contribution in [-0.4, -0.2) is 10.8 Å². The molecule has 0 amide bonds. The summed E-state index contributed by atoms with van der Waals surface area (Å²) < 4.78 is 16.9. The van der Waals surface area contributed by atoms with Crippen molar-refractivity contribution >= 4 is 34.4 Å². The Labute approximate surface area is 119 Å². The van der Waals surface area contributed by atoms with Crippen molar-refractivity contribution in [2.24, 2.45) is 0 Å². The van der Waals surface area contributed by atoms with Gasteiger partial charge in [-0.1, -0.05) is 23.2 Å². The summed E-state index contributed by atoms with van der Waals surface area (Å²) in [7, 11) is 0. The molecule has 2 aromatic carbocycles. The molecule has 0 aliphatic rings. The topological polar surface area (TPSA) is 32.3 Å². The van der Waals surface area contributed by atoms with E-state index in [-0.39, 0.29) is 0 Å². The van der Waals surface area contributed by atoms with Gasteiger partial charge in [-0.05, 0) is 47.6 Å². The second-order valence-electron chi connectivity index (χ2n) is 3.54. The van der Waals surface area contributed by atoms with E-state index in [2.05, 4.69) is 6.07 Å². The number of halogens is 2. The Morgan fingerprint density at radius 2 is 2.00 bits per heavy atom. The van der Waals surface area contributed by atoms with Crippen molar-refractivity contribution in [2.45, 2.75) is 4.90 Å². The highest BCUT2D eigenvalue weighted by Gasteiger charge is 2.10. The van der Waals surface area contributed by atoms with Crippen molar-refractivity contribution in [1.82, 2.24) is 0 Å². The Kier molecular flexibility index (Phi) is 4.40. The molecule has 0 saturated heterocycles. The van der Waals surface area contributed by atoms with E-state index in [1.54, 1.807) is 42.7 Å². The normalized spacial score (nSPS) is 12.2. The second-order valence-corrected chi connectivity index (χ2v) is 5.76. The van der Waals surface area contributed by atoms with E-state index in [9.17, 15) is 4.55 Å². The van der Waals surface area contributed by atoms with E-state index in [0.29, 0.717) is 26.4 Å². The minimum Gasteiger partial charge on any atom is -0.612 e. The van der Waals surface area contributed by atoms with Gasteiger partial charge in [0.15, 0.2) is 4.90 Å². The Morgan fingerprint density at radius 1 is 1.22 bits per heavy atom.